The van der Waals surface area contributed by atoms with E-state index in [2.05, 4.69) is 17.2 Å². The Bertz CT molecular complexity index is 367. The number of methoxy groups -OCH3 is 1. The number of hydrogen-bond donors (Lipinski definition) is 1. The van der Waals surface area contributed by atoms with Crippen molar-refractivity contribution in [2.75, 3.05) is 26.9 Å². The fraction of sp³-hybridized carbons (Fsp3) is 0.615. The SMILES string of the molecule is CCNC(CC1OCCO1)c1cncc(OC)c1. The summed E-state index contributed by atoms with van der Waals surface area (Å²) in [6.07, 6.45) is 4.21. The Morgan fingerprint density at radius 1 is 1.44 bits per heavy atom. The predicted octanol–water partition coefficient (Wildman–Crippen LogP) is 1.50. The molecule has 1 fully saturated rings. The Hall–Kier alpha value is -1.17. The zero-order chi connectivity index (χ0) is 12.8. The summed E-state index contributed by atoms with van der Waals surface area (Å²) in [6.45, 7) is 4.32. The number of nitrogens with zero attached hydrogens (tertiary/aromatic N) is 1. The highest BCUT2D eigenvalue weighted by atomic mass is 16.7. The minimum atomic E-state index is -0.125. The van der Waals surface area contributed by atoms with Gasteiger partial charge >= 0.3 is 0 Å². The first kappa shape index (κ1) is 13.3. The van der Waals surface area contributed by atoms with Crippen molar-refractivity contribution in [3.63, 3.8) is 0 Å². The first-order valence-electron chi connectivity index (χ1n) is 6.29. The normalized spacial score (nSPS) is 17.9. The average molecular weight is 252 g/mol. The van der Waals surface area contributed by atoms with Crippen molar-refractivity contribution in [3.05, 3.63) is 24.0 Å². The van der Waals surface area contributed by atoms with E-state index < -0.39 is 0 Å². The van der Waals surface area contributed by atoms with E-state index in [1.165, 1.54) is 0 Å². The van der Waals surface area contributed by atoms with Gasteiger partial charge in [-0.1, -0.05) is 6.92 Å². The molecule has 2 heterocycles. The first-order chi connectivity index (χ1) is 8.83. The van der Waals surface area contributed by atoms with Crippen LogP contribution in [0.15, 0.2) is 18.5 Å². The largest absolute Gasteiger partial charge is 0.495 e. The predicted molar refractivity (Wildman–Crippen MR) is 67.5 cm³/mol. The maximum atomic E-state index is 5.49. The summed E-state index contributed by atoms with van der Waals surface area (Å²) in [5.41, 5.74) is 1.09. The second-order valence-electron chi connectivity index (χ2n) is 4.18. The van der Waals surface area contributed by atoms with Crippen LogP contribution in [0, 0.1) is 0 Å². The average Bonchev–Trinajstić information content (AvgIpc) is 2.91. The van der Waals surface area contributed by atoms with Crippen LogP contribution in [0.3, 0.4) is 0 Å². The fourth-order valence-corrected chi connectivity index (χ4v) is 2.06. The number of ether oxygens (including phenoxy) is 3. The maximum Gasteiger partial charge on any atom is 0.159 e. The molecule has 0 amide bonds. The van der Waals surface area contributed by atoms with Crippen molar-refractivity contribution in [2.45, 2.75) is 25.7 Å². The molecule has 0 aliphatic carbocycles. The van der Waals surface area contributed by atoms with Gasteiger partial charge in [-0.25, -0.2) is 0 Å². The van der Waals surface area contributed by atoms with Gasteiger partial charge in [0.2, 0.25) is 0 Å². The van der Waals surface area contributed by atoms with Crippen LogP contribution in [0.2, 0.25) is 0 Å². The number of nitrogens with one attached hydrogen (secondary N) is 1. The summed E-state index contributed by atoms with van der Waals surface area (Å²) in [6, 6.07) is 2.16. The topological polar surface area (TPSA) is 52.6 Å². The van der Waals surface area contributed by atoms with Crippen LogP contribution in [0.1, 0.15) is 24.9 Å². The summed E-state index contributed by atoms with van der Waals surface area (Å²) in [7, 11) is 1.65. The molecule has 18 heavy (non-hydrogen) atoms. The van der Waals surface area contributed by atoms with E-state index in [1.54, 1.807) is 13.3 Å². The lowest BCUT2D eigenvalue weighted by Gasteiger charge is -2.21. The number of pyridine rings is 1. The minimum Gasteiger partial charge on any atom is -0.495 e. The second-order valence-corrected chi connectivity index (χ2v) is 4.18. The van der Waals surface area contributed by atoms with Crippen LogP contribution in [0.5, 0.6) is 5.75 Å². The van der Waals surface area contributed by atoms with E-state index in [4.69, 9.17) is 14.2 Å². The van der Waals surface area contributed by atoms with Crippen LogP contribution >= 0.6 is 0 Å². The summed E-state index contributed by atoms with van der Waals surface area (Å²) < 4.78 is 16.2. The molecule has 2 rings (SSSR count). The van der Waals surface area contributed by atoms with Crippen molar-refractivity contribution in [1.29, 1.82) is 0 Å². The van der Waals surface area contributed by atoms with Crippen molar-refractivity contribution in [2.24, 2.45) is 0 Å². The van der Waals surface area contributed by atoms with E-state index in [1.807, 2.05) is 12.3 Å². The van der Waals surface area contributed by atoms with Gasteiger partial charge in [0, 0.05) is 18.7 Å². The lowest BCUT2D eigenvalue weighted by Crippen LogP contribution is -2.26. The van der Waals surface area contributed by atoms with Gasteiger partial charge in [0.25, 0.3) is 0 Å². The van der Waals surface area contributed by atoms with Crippen molar-refractivity contribution in [1.82, 2.24) is 10.3 Å². The van der Waals surface area contributed by atoms with Gasteiger partial charge < -0.3 is 19.5 Å². The summed E-state index contributed by atoms with van der Waals surface area (Å²) in [5, 5.41) is 3.42. The first-order valence-corrected chi connectivity index (χ1v) is 6.29. The van der Waals surface area contributed by atoms with E-state index in [0.717, 1.165) is 24.3 Å². The van der Waals surface area contributed by atoms with Gasteiger partial charge in [-0.2, -0.15) is 0 Å². The number of rotatable bonds is 6. The molecule has 1 aliphatic heterocycles. The van der Waals surface area contributed by atoms with E-state index in [9.17, 15) is 0 Å². The Kier molecular flexibility index (Phi) is 4.92. The number of aromatic nitrogens is 1. The van der Waals surface area contributed by atoms with Crippen LogP contribution in [0.25, 0.3) is 0 Å². The Balaban J connectivity index is 2.06. The molecule has 1 N–H and O–H groups in total. The van der Waals surface area contributed by atoms with Crippen molar-refractivity contribution < 1.29 is 14.2 Å². The zero-order valence-electron chi connectivity index (χ0n) is 10.9. The molecule has 1 aliphatic rings. The molecule has 5 nitrogen and oxygen atoms in total. The third kappa shape index (κ3) is 3.41. The van der Waals surface area contributed by atoms with E-state index in [0.29, 0.717) is 13.2 Å². The molecule has 1 aromatic rings. The minimum absolute atomic E-state index is 0.125. The van der Waals surface area contributed by atoms with Gasteiger partial charge in [0.1, 0.15) is 5.75 Å². The lowest BCUT2D eigenvalue weighted by atomic mass is 10.1. The summed E-state index contributed by atoms with van der Waals surface area (Å²) >= 11 is 0. The molecular formula is C13H20N2O3. The number of hydrogen-bond acceptors (Lipinski definition) is 5. The second kappa shape index (κ2) is 6.68. The van der Waals surface area contributed by atoms with E-state index >= 15 is 0 Å². The van der Waals surface area contributed by atoms with Crippen molar-refractivity contribution in [3.8, 4) is 5.75 Å². The summed E-state index contributed by atoms with van der Waals surface area (Å²) in [5.74, 6) is 0.767. The van der Waals surface area contributed by atoms with E-state index in [-0.39, 0.29) is 12.3 Å². The van der Waals surface area contributed by atoms with Gasteiger partial charge in [-0.05, 0) is 18.2 Å². The molecule has 0 bridgehead atoms. The van der Waals surface area contributed by atoms with Gasteiger partial charge in [-0.15, -0.1) is 0 Å². The van der Waals surface area contributed by atoms with Gasteiger partial charge in [0.15, 0.2) is 6.29 Å². The molecular weight excluding hydrogens is 232 g/mol. The van der Waals surface area contributed by atoms with Crippen LogP contribution < -0.4 is 10.1 Å². The molecule has 100 valence electrons. The van der Waals surface area contributed by atoms with Crippen LogP contribution in [-0.2, 0) is 9.47 Å². The fourth-order valence-electron chi connectivity index (χ4n) is 2.06. The molecule has 0 aromatic carbocycles. The van der Waals surface area contributed by atoms with Crippen LogP contribution in [0.4, 0.5) is 0 Å². The molecule has 1 aromatic heterocycles. The quantitative estimate of drug-likeness (QED) is 0.831. The molecule has 0 spiro atoms. The van der Waals surface area contributed by atoms with Gasteiger partial charge in [0.05, 0.1) is 26.5 Å². The molecule has 0 saturated carbocycles. The Morgan fingerprint density at radius 3 is 2.89 bits per heavy atom. The monoisotopic (exact) mass is 252 g/mol. The highest BCUT2D eigenvalue weighted by Gasteiger charge is 2.22. The molecule has 1 saturated heterocycles. The molecule has 5 heteroatoms. The third-order valence-corrected chi connectivity index (χ3v) is 2.94. The smallest absolute Gasteiger partial charge is 0.159 e. The lowest BCUT2D eigenvalue weighted by molar-refractivity contribution is -0.0529. The third-order valence-electron chi connectivity index (χ3n) is 2.94. The molecule has 1 unspecified atom stereocenters. The van der Waals surface area contributed by atoms with Crippen molar-refractivity contribution >= 4 is 0 Å². The molecule has 1 atom stereocenters. The summed E-state index contributed by atoms with van der Waals surface area (Å²) in [4.78, 5) is 4.19. The highest BCUT2D eigenvalue weighted by molar-refractivity contribution is 5.26. The standard InChI is InChI=1S/C13H20N2O3/c1-3-15-12(7-13-17-4-5-18-13)10-6-11(16-2)9-14-8-10/h6,8-9,12-13,15H,3-5,7H2,1-2H3. The zero-order valence-corrected chi connectivity index (χ0v) is 10.9. The maximum absolute atomic E-state index is 5.49. The Labute approximate surface area is 107 Å². The molecule has 0 radical (unpaired) electrons. The Morgan fingerprint density at radius 2 is 2.22 bits per heavy atom. The van der Waals surface area contributed by atoms with Crippen LogP contribution in [-0.4, -0.2) is 38.1 Å². The van der Waals surface area contributed by atoms with Gasteiger partial charge in [-0.3, -0.25) is 4.98 Å². The highest BCUT2D eigenvalue weighted by Crippen LogP contribution is 2.24.